The summed E-state index contributed by atoms with van der Waals surface area (Å²) < 4.78 is 32.6. The fourth-order valence-corrected chi connectivity index (χ4v) is 2.93. The number of hydrogen-bond acceptors (Lipinski definition) is 2. The quantitative estimate of drug-likeness (QED) is 0.918. The Labute approximate surface area is 116 Å². The number of carboxylic acids is 1. The smallest absolute Gasteiger partial charge is 0.314 e. The molecule has 1 N–H and O–H groups in total. The predicted molar refractivity (Wildman–Crippen MR) is 70.5 cm³/mol. The van der Waals surface area contributed by atoms with Gasteiger partial charge >= 0.3 is 5.97 Å². The first-order chi connectivity index (χ1) is 9.24. The zero-order chi connectivity index (χ0) is 15.1. The lowest BCUT2D eigenvalue weighted by Crippen LogP contribution is -2.43. The molecular weight excluding hydrogens is 266 g/mol. The van der Waals surface area contributed by atoms with Crippen LogP contribution < -0.4 is 4.74 Å². The number of hydrogen-bond donors (Lipinski definition) is 1. The van der Waals surface area contributed by atoms with Crippen LogP contribution in [0.25, 0.3) is 0 Å². The van der Waals surface area contributed by atoms with Gasteiger partial charge in [0, 0.05) is 12.5 Å². The summed E-state index contributed by atoms with van der Waals surface area (Å²) in [6.45, 7) is 2.52. The van der Waals surface area contributed by atoms with Gasteiger partial charge in [-0.2, -0.15) is 0 Å². The van der Waals surface area contributed by atoms with Gasteiger partial charge in [0.05, 0.1) is 18.1 Å². The number of benzene rings is 1. The second-order valence-electron chi connectivity index (χ2n) is 5.47. The monoisotopic (exact) mass is 284 g/mol. The van der Waals surface area contributed by atoms with Gasteiger partial charge in [-0.05, 0) is 31.4 Å². The normalized spacial score (nSPS) is 17.4. The van der Waals surface area contributed by atoms with Crippen molar-refractivity contribution in [2.75, 3.05) is 7.11 Å². The van der Waals surface area contributed by atoms with E-state index in [0.29, 0.717) is 24.0 Å². The second-order valence-corrected chi connectivity index (χ2v) is 5.47. The molecule has 0 unspecified atom stereocenters. The van der Waals surface area contributed by atoms with Crippen LogP contribution >= 0.6 is 0 Å². The third-order valence-electron chi connectivity index (χ3n) is 4.14. The molecule has 0 saturated heterocycles. The van der Waals surface area contributed by atoms with Crippen molar-refractivity contribution in [2.45, 2.75) is 44.4 Å². The minimum Gasteiger partial charge on any atom is -0.496 e. The molecule has 0 aromatic heterocycles. The average Bonchev–Trinajstić information content (AvgIpc) is 2.27. The first-order valence-electron chi connectivity index (χ1n) is 6.54. The Morgan fingerprint density at radius 3 is 2.35 bits per heavy atom. The van der Waals surface area contributed by atoms with Crippen molar-refractivity contribution in [3.63, 3.8) is 0 Å². The van der Waals surface area contributed by atoms with Crippen LogP contribution in [0.4, 0.5) is 8.78 Å². The summed E-state index contributed by atoms with van der Waals surface area (Å²) in [5, 5.41) is 9.53. The van der Waals surface area contributed by atoms with E-state index in [1.165, 1.54) is 13.2 Å². The van der Waals surface area contributed by atoms with E-state index in [4.69, 9.17) is 4.74 Å². The number of ether oxygens (including phenoxy) is 1. The molecular formula is C15H18F2O3. The Hall–Kier alpha value is -1.65. The number of aliphatic carboxylic acids is 1. The molecule has 0 aliphatic heterocycles. The van der Waals surface area contributed by atoms with Gasteiger partial charge in [-0.3, -0.25) is 4.79 Å². The maximum atomic E-state index is 13.7. The van der Waals surface area contributed by atoms with Crippen LogP contribution in [-0.2, 0) is 16.1 Å². The molecule has 2 rings (SSSR count). The number of methoxy groups -OCH3 is 1. The van der Waals surface area contributed by atoms with Crippen LogP contribution in [0.3, 0.4) is 0 Å². The minimum atomic E-state index is -3.07. The summed E-state index contributed by atoms with van der Waals surface area (Å²) in [4.78, 5) is 11.6. The highest BCUT2D eigenvalue weighted by molar-refractivity contribution is 5.84. The van der Waals surface area contributed by atoms with Crippen LogP contribution in [0.15, 0.2) is 12.1 Å². The molecule has 1 aliphatic rings. The Kier molecular flexibility index (Phi) is 3.48. The lowest BCUT2D eigenvalue weighted by Gasteiger charge is -2.40. The van der Waals surface area contributed by atoms with Gasteiger partial charge in [0.15, 0.2) is 0 Å². The second kappa shape index (κ2) is 4.72. The molecule has 0 spiro atoms. The standard InChI is InChI=1S/C15H18F2O3/c1-9-5-6-10(14(2,16)17)12(20-3)11(9)15(13(18)19)7-4-8-15/h5-6H,4,7-8H2,1-3H3,(H,18,19). The zero-order valence-electron chi connectivity index (χ0n) is 11.8. The molecule has 0 bridgehead atoms. The Bertz CT molecular complexity index is 543. The molecule has 1 aromatic rings. The van der Waals surface area contributed by atoms with E-state index in [-0.39, 0.29) is 11.3 Å². The molecule has 5 heteroatoms. The fourth-order valence-electron chi connectivity index (χ4n) is 2.93. The third-order valence-corrected chi connectivity index (χ3v) is 4.14. The van der Waals surface area contributed by atoms with Crippen LogP contribution in [0.5, 0.6) is 5.75 Å². The molecule has 0 heterocycles. The summed E-state index contributed by atoms with van der Waals surface area (Å²) in [5.74, 6) is -4.03. The van der Waals surface area contributed by atoms with E-state index >= 15 is 0 Å². The molecule has 110 valence electrons. The van der Waals surface area contributed by atoms with Gasteiger partial charge in [0.2, 0.25) is 0 Å². The van der Waals surface area contributed by atoms with E-state index in [1.54, 1.807) is 13.0 Å². The Morgan fingerprint density at radius 1 is 1.40 bits per heavy atom. The van der Waals surface area contributed by atoms with Gasteiger partial charge in [0.1, 0.15) is 5.75 Å². The average molecular weight is 284 g/mol. The van der Waals surface area contributed by atoms with Crippen LogP contribution in [0.2, 0.25) is 0 Å². The topological polar surface area (TPSA) is 46.5 Å². The van der Waals surface area contributed by atoms with Crippen molar-refractivity contribution in [3.8, 4) is 5.75 Å². The molecule has 1 aliphatic carbocycles. The maximum absolute atomic E-state index is 13.7. The van der Waals surface area contributed by atoms with Crippen molar-refractivity contribution < 1.29 is 23.4 Å². The summed E-state index contributed by atoms with van der Waals surface area (Å²) in [6, 6.07) is 2.86. The highest BCUT2D eigenvalue weighted by Crippen LogP contribution is 2.51. The molecule has 0 atom stereocenters. The Morgan fingerprint density at radius 2 is 2.00 bits per heavy atom. The van der Waals surface area contributed by atoms with Crippen LogP contribution in [-0.4, -0.2) is 18.2 Å². The van der Waals surface area contributed by atoms with Gasteiger partial charge in [-0.25, -0.2) is 8.78 Å². The van der Waals surface area contributed by atoms with Crippen molar-refractivity contribution in [1.29, 1.82) is 0 Å². The number of rotatable bonds is 4. The number of carbonyl (C=O) groups is 1. The van der Waals surface area contributed by atoms with Gasteiger partial charge in [0.25, 0.3) is 5.92 Å². The predicted octanol–water partition coefficient (Wildman–Crippen LogP) is 3.62. The minimum absolute atomic E-state index is 0.0135. The number of aryl methyl sites for hydroxylation is 1. The molecule has 0 amide bonds. The number of carboxylic acid groups (broad SMARTS) is 1. The lowest BCUT2D eigenvalue weighted by molar-refractivity contribution is -0.147. The third kappa shape index (κ3) is 2.05. The Balaban J connectivity index is 2.72. The van der Waals surface area contributed by atoms with E-state index < -0.39 is 17.3 Å². The lowest BCUT2D eigenvalue weighted by atomic mass is 9.62. The largest absolute Gasteiger partial charge is 0.496 e. The van der Waals surface area contributed by atoms with Crippen LogP contribution in [0.1, 0.15) is 42.9 Å². The molecule has 3 nitrogen and oxygen atoms in total. The molecule has 0 radical (unpaired) electrons. The molecule has 1 fully saturated rings. The number of halogens is 2. The summed E-state index contributed by atoms with van der Waals surface area (Å²) in [7, 11) is 1.31. The first kappa shape index (κ1) is 14.8. The van der Waals surface area contributed by atoms with Gasteiger partial charge in [-0.15, -0.1) is 0 Å². The first-order valence-corrected chi connectivity index (χ1v) is 6.54. The van der Waals surface area contributed by atoms with E-state index in [2.05, 4.69) is 0 Å². The fraction of sp³-hybridized carbons (Fsp3) is 0.533. The van der Waals surface area contributed by atoms with E-state index in [1.807, 2.05) is 0 Å². The summed E-state index contributed by atoms with van der Waals surface area (Å²) >= 11 is 0. The summed E-state index contributed by atoms with van der Waals surface area (Å²) in [5.41, 5.74) is -0.265. The van der Waals surface area contributed by atoms with Crippen molar-refractivity contribution >= 4 is 5.97 Å². The van der Waals surface area contributed by atoms with E-state index in [0.717, 1.165) is 13.3 Å². The van der Waals surface area contributed by atoms with Crippen LogP contribution in [0, 0.1) is 6.92 Å². The highest BCUT2D eigenvalue weighted by atomic mass is 19.3. The maximum Gasteiger partial charge on any atom is 0.314 e. The van der Waals surface area contributed by atoms with Crippen molar-refractivity contribution in [1.82, 2.24) is 0 Å². The molecule has 20 heavy (non-hydrogen) atoms. The molecule has 1 aromatic carbocycles. The van der Waals surface area contributed by atoms with Gasteiger partial charge < -0.3 is 9.84 Å². The SMILES string of the molecule is COc1c(C(C)(F)F)ccc(C)c1C1(C(=O)O)CCC1. The van der Waals surface area contributed by atoms with Crippen molar-refractivity contribution in [3.05, 3.63) is 28.8 Å². The zero-order valence-corrected chi connectivity index (χ0v) is 11.8. The highest BCUT2D eigenvalue weighted by Gasteiger charge is 2.49. The van der Waals surface area contributed by atoms with Gasteiger partial charge in [-0.1, -0.05) is 12.5 Å². The molecule has 1 saturated carbocycles. The number of alkyl halides is 2. The summed E-state index contributed by atoms with van der Waals surface area (Å²) in [6.07, 6.45) is 1.69. The van der Waals surface area contributed by atoms with E-state index in [9.17, 15) is 18.7 Å². The van der Waals surface area contributed by atoms with Crippen molar-refractivity contribution in [2.24, 2.45) is 0 Å².